The maximum absolute atomic E-state index is 13.8. The van der Waals surface area contributed by atoms with Crippen LogP contribution in [-0.2, 0) is 20.9 Å². The molecule has 0 bridgehead atoms. The summed E-state index contributed by atoms with van der Waals surface area (Å²) in [5.74, 6) is -3.62. The predicted octanol–water partition coefficient (Wildman–Crippen LogP) is 3.33. The number of nitrogens with one attached hydrogen (secondary N) is 1. The van der Waals surface area contributed by atoms with Crippen LogP contribution in [0.5, 0.6) is 0 Å². The van der Waals surface area contributed by atoms with Crippen LogP contribution in [0.1, 0.15) is 28.8 Å². The Labute approximate surface area is 183 Å². The Balaban J connectivity index is 1.41. The number of benzene rings is 2. The fourth-order valence-corrected chi connectivity index (χ4v) is 3.39. The highest BCUT2D eigenvalue weighted by Gasteiger charge is 2.30. The molecule has 1 saturated heterocycles. The van der Waals surface area contributed by atoms with Gasteiger partial charge in [0.15, 0.2) is 6.61 Å². The fraction of sp³-hybridized carbons (Fsp3) is 0.318. The maximum Gasteiger partial charge on any atom is 0.309 e. The van der Waals surface area contributed by atoms with Crippen molar-refractivity contribution in [2.45, 2.75) is 19.4 Å². The number of carbonyl (C=O) groups is 3. The van der Waals surface area contributed by atoms with Crippen LogP contribution < -0.4 is 5.32 Å². The van der Waals surface area contributed by atoms with Crippen molar-refractivity contribution in [2.75, 3.05) is 19.7 Å². The van der Waals surface area contributed by atoms with Gasteiger partial charge in [-0.2, -0.15) is 0 Å². The first-order valence-corrected chi connectivity index (χ1v) is 10.1. The molecular weight excluding hydrogens is 430 g/mol. The normalized spacial score (nSPS) is 14.2. The van der Waals surface area contributed by atoms with Crippen molar-refractivity contribution in [1.82, 2.24) is 10.2 Å². The molecule has 0 aliphatic carbocycles. The zero-order chi connectivity index (χ0) is 22.4. The van der Waals surface area contributed by atoms with E-state index in [0.29, 0.717) is 23.9 Å². The van der Waals surface area contributed by atoms with Crippen LogP contribution in [0.2, 0.25) is 5.02 Å². The number of halogens is 3. The van der Waals surface area contributed by atoms with Gasteiger partial charge in [-0.3, -0.25) is 14.4 Å². The van der Waals surface area contributed by atoms with Crippen LogP contribution in [0.3, 0.4) is 0 Å². The molecule has 31 heavy (non-hydrogen) atoms. The van der Waals surface area contributed by atoms with Crippen LogP contribution in [-0.4, -0.2) is 42.4 Å². The summed E-state index contributed by atoms with van der Waals surface area (Å²) in [6.45, 7) is 0.358. The molecule has 1 fully saturated rings. The van der Waals surface area contributed by atoms with E-state index in [1.807, 2.05) is 0 Å². The van der Waals surface area contributed by atoms with Crippen molar-refractivity contribution in [1.29, 1.82) is 0 Å². The number of carbonyl (C=O) groups excluding carboxylic acids is 3. The van der Waals surface area contributed by atoms with E-state index >= 15 is 0 Å². The molecule has 2 aromatic carbocycles. The topological polar surface area (TPSA) is 75.7 Å². The van der Waals surface area contributed by atoms with Crippen LogP contribution in [0.15, 0.2) is 42.5 Å². The Hall–Kier alpha value is -3.00. The minimum absolute atomic E-state index is 0.209. The lowest BCUT2D eigenvalue weighted by atomic mass is 9.96. The number of likely N-dealkylation sites (tertiary alicyclic amines) is 1. The lowest BCUT2D eigenvalue weighted by Gasteiger charge is -2.31. The smallest absolute Gasteiger partial charge is 0.309 e. The molecule has 1 heterocycles. The molecule has 0 saturated carbocycles. The Morgan fingerprint density at radius 3 is 2.39 bits per heavy atom. The van der Waals surface area contributed by atoms with E-state index in [0.717, 1.165) is 17.7 Å². The van der Waals surface area contributed by atoms with Gasteiger partial charge in [0, 0.05) is 30.7 Å². The SMILES string of the molecule is O=C(COC(=O)C1CCN(C(=O)c2ccc(F)cc2F)CC1)NCc1ccc(Cl)cc1. The van der Waals surface area contributed by atoms with Crippen molar-refractivity contribution in [3.8, 4) is 0 Å². The molecule has 164 valence electrons. The van der Waals surface area contributed by atoms with Gasteiger partial charge in [0.2, 0.25) is 0 Å². The van der Waals surface area contributed by atoms with E-state index in [9.17, 15) is 23.2 Å². The lowest BCUT2D eigenvalue weighted by Crippen LogP contribution is -2.41. The molecule has 1 N–H and O–H groups in total. The highest BCUT2D eigenvalue weighted by molar-refractivity contribution is 6.30. The largest absolute Gasteiger partial charge is 0.455 e. The Bertz CT molecular complexity index is 960. The number of esters is 1. The van der Waals surface area contributed by atoms with Gasteiger partial charge >= 0.3 is 5.97 Å². The number of piperidine rings is 1. The zero-order valence-corrected chi connectivity index (χ0v) is 17.3. The minimum Gasteiger partial charge on any atom is -0.455 e. The molecule has 0 aromatic heterocycles. The summed E-state index contributed by atoms with van der Waals surface area (Å²) in [6.07, 6.45) is 0.666. The average Bonchev–Trinajstić information content (AvgIpc) is 2.77. The van der Waals surface area contributed by atoms with Gasteiger partial charge in [-0.25, -0.2) is 8.78 Å². The van der Waals surface area contributed by atoms with Gasteiger partial charge in [-0.15, -0.1) is 0 Å². The first-order chi connectivity index (χ1) is 14.8. The van der Waals surface area contributed by atoms with Gasteiger partial charge in [-0.05, 0) is 42.7 Å². The van der Waals surface area contributed by atoms with Gasteiger partial charge in [0.05, 0.1) is 11.5 Å². The number of ether oxygens (including phenoxy) is 1. The molecule has 0 spiro atoms. The van der Waals surface area contributed by atoms with E-state index in [4.69, 9.17) is 16.3 Å². The molecule has 1 aliphatic rings. The molecule has 2 amide bonds. The predicted molar refractivity (Wildman–Crippen MR) is 109 cm³/mol. The standard InChI is InChI=1S/C22H21ClF2N2O4/c23-16-3-1-14(2-4-16)12-26-20(28)13-31-22(30)15-7-9-27(10-8-15)21(29)18-6-5-17(24)11-19(18)25/h1-6,11,15H,7-10,12-13H2,(H,26,28). The Morgan fingerprint density at radius 1 is 1.06 bits per heavy atom. The average molecular weight is 451 g/mol. The van der Waals surface area contributed by atoms with Gasteiger partial charge in [-0.1, -0.05) is 23.7 Å². The molecule has 0 unspecified atom stereocenters. The Kier molecular flexibility index (Phi) is 7.57. The summed E-state index contributed by atoms with van der Waals surface area (Å²) in [5.41, 5.74) is 0.651. The molecule has 3 rings (SSSR count). The molecule has 1 aliphatic heterocycles. The van der Waals surface area contributed by atoms with E-state index in [1.165, 1.54) is 4.90 Å². The van der Waals surface area contributed by atoms with Crippen molar-refractivity contribution in [3.05, 3.63) is 70.2 Å². The van der Waals surface area contributed by atoms with E-state index < -0.39 is 41.9 Å². The van der Waals surface area contributed by atoms with Crippen molar-refractivity contribution < 1.29 is 27.9 Å². The second kappa shape index (κ2) is 10.3. The van der Waals surface area contributed by atoms with Gasteiger partial charge in [0.25, 0.3) is 11.8 Å². The molecule has 9 heteroatoms. The third-order valence-electron chi connectivity index (χ3n) is 5.03. The number of nitrogens with zero attached hydrogens (tertiary/aromatic N) is 1. The van der Waals surface area contributed by atoms with Crippen molar-refractivity contribution in [2.24, 2.45) is 5.92 Å². The van der Waals surface area contributed by atoms with Crippen molar-refractivity contribution in [3.63, 3.8) is 0 Å². The summed E-state index contributed by atoms with van der Waals surface area (Å²) < 4.78 is 31.9. The third kappa shape index (κ3) is 6.24. The highest BCUT2D eigenvalue weighted by atomic mass is 35.5. The summed E-state index contributed by atoms with van der Waals surface area (Å²) in [4.78, 5) is 38.0. The van der Waals surface area contributed by atoms with E-state index in [-0.39, 0.29) is 25.2 Å². The van der Waals surface area contributed by atoms with Crippen molar-refractivity contribution >= 4 is 29.4 Å². The number of rotatable bonds is 6. The fourth-order valence-electron chi connectivity index (χ4n) is 3.26. The van der Waals surface area contributed by atoms with Gasteiger partial charge < -0.3 is 15.0 Å². The summed E-state index contributed by atoms with van der Waals surface area (Å²) in [7, 11) is 0. The second-order valence-electron chi connectivity index (χ2n) is 7.20. The van der Waals surface area contributed by atoms with Crippen LogP contribution in [0, 0.1) is 17.6 Å². The molecule has 0 radical (unpaired) electrons. The van der Waals surface area contributed by atoms with Crippen LogP contribution in [0.4, 0.5) is 8.78 Å². The first-order valence-electron chi connectivity index (χ1n) is 9.75. The quantitative estimate of drug-likeness (QED) is 0.685. The highest BCUT2D eigenvalue weighted by Crippen LogP contribution is 2.21. The minimum atomic E-state index is -0.920. The number of hydrogen-bond acceptors (Lipinski definition) is 4. The molecule has 0 atom stereocenters. The second-order valence-corrected chi connectivity index (χ2v) is 7.64. The number of amides is 2. The number of hydrogen-bond donors (Lipinski definition) is 1. The lowest BCUT2D eigenvalue weighted by molar-refractivity contribution is -0.153. The maximum atomic E-state index is 13.8. The molecule has 6 nitrogen and oxygen atoms in total. The third-order valence-corrected chi connectivity index (χ3v) is 5.28. The molecular formula is C22H21ClF2N2O4. The van der Waals surface area contributed by atoms with E-state index in [2.05, 4.69) is 5.32 Å². The summed E-state index contributed by atoms with van der Waals surface area (Å²) in [6, 6.07) is 9.78. The molecule has 2 aromatic rings. The summed E-state index contributed by atoms with van der Waals surface area (Å²) >= 11 is 5.81. The zero-order valence-electron chi connectivity index (χ0n) is 16.6. The monoisotopic (exact) mass is 450 g/mol. The van der Waals surface area contributed by atoms with Crippen LogP contribution in [0.25, 0.3) is 0 Å². The van der Waals surface area contributed by atoms with Gasteiger partial charge in [0.1, 0.15) is 11.6 Å². The first kappa shape index (κ1) is 22.7. The van der Waals surface area contributed by atoms with Crippen LogP contribution >= 0.6 is 11.6 Å². The van der Waals surface area contributed by atoms with E-state index in [1.54, 1.807) is 24.3 Å². The summed E-state index contributed by atoms with van der Waals surface area (Å²) in [5, 5.41) is 3.25. The Morgan fingerprint density at radius 2 is 1.74 bits per heavy atom.